The molecule has 0 saturated heterocycles. The van der Waals surface area contributed by atoms with Gasteiger partial charge in [-0.15, -0.1) is 0 Å². The van der Waals surface area contributed by atoms with Crippen molar-refractivity contribution < 1.29 is 19.4 Å². The van der Waals surface area contributed by atoms with E-state index >= 15 is 0 Å². The Hall–Kier alpha value is -0.770. The number of carbonyl (C=O) groups is 1. The molecule has 0 bridgehead atoms. The molecule has 0 aliphatic heterocycles. The Balaban J connectivity index is 3.12. The number of aliphatic hydroxyl groups is 1. The molecule has 0 atom stereocenters. The Labute approximate surface area is 111 Å². The van der Waals surface area contributed by atoms with E-state index in [9.17, 15) is 4.79 Å². The van der Waals surface area contributed by atoms with Crippen LogP contribution in [0.4, 0.5) is 4.79 Å². The summed E-state index contributed by atoms with van der Waals surface area (Å²) in [5, 5.41) is 8.58. The van der Waals surface area contributed by atoms with Crippen LogP contribution in [0.2, 0.25) is 0 Å². The minimum absolute atomic E-state index is 0.237. The molecule has 0 radical (unpaired) electrons. The summed E-state index contributed by atoms with van der Waals surface area (Å²) >= 11 is 0. The molecule has 0 fully saturated rings. The molecule has 0 aromatic heterocycles. The lowest BCUT2D eigenvalue weighted by Gasteiger charge is -2.06. The number of carbonyl (C=O) groups excluding carboxylic acids is 1. The van der Waals surface area contributed by atoms with Crippen molar-refractivity contribution in [2.24, 2.45) is 0 Å². The Kier molecular flexibility index (Phi) is 13.7. The first-order chi connectivity index (χ1) is 8.81. The molecule has 0 spiro atoms. The van der Waals surface area contributed by atoms with E-state index in [0.717, 1.165) is 38.5 Å². The van der Waals surface area contributed by atoms with Gasteiger partial charge in [0.15, 0.2) is 0 Å². The topological polar surface area (TPSA) is 55.8 Å². The molecular weight excluding hydrogens is 232 g/mol. The van der Waals surface area contributed by atoms with Crippen LogP contribution in [0, 0.1) is 0 Å². The first-order valence-corrected chi connectivity index (χ1v) is 7.21. The van der Waals surface area contributed by atoms with Gasteiger partial charge in [-0.25, -0.2) is 4.79 Å². The highest BCUT2D eigenvalue weighted by molar-refractivity contribution is 5.59. The monoisotopic (exact) mass is 260 g/mol. The van der Waals surface area contributed by atoms with Gasteiger partial charge in [0.1, 0.15) is 0 Å². The summed E-state index contributed by atoms with van der Waals surface area (Å²) in [6, 6.07) is 0. The van der Waals surface area contributed by atoms with Gasteiger partial charge in [-0.05, 0) is 25.7 Å². The van der Waals surface area contributed by atoms with Gasteiger partial charge in [0.05, 0.1) is 13.2 Å². The summed E-state index contributed by atoms with van der Waals surface area (Å²) in [5.41, 5.74) is 0. The van der Waals surface area contributed by atoms with Crippen LogP contribution < -0.4 is 0 Å². The van der Waals surface area contributed by atoms with Gasteiger partial charge in [0.25, 0.3) is 0 Å². The van der Waals surface area contributed by atoms with Crippen LogP contribution in [-0.4, -0.2) is 31.1 Å². The van der Waals surface area contributed by atoms with Gasteiger partial charge in [-0.1, -0.05) is 39.0 Å². The van der Waals surface area contributed by atoms with Crippen molar-refractivity contribution in [2.45, 2.75) is 64.7 Å². The molecule has 0 aromatic rings. The quantitative estimate of drug-likeness (QED) is 0.430. The minimum atomic E-state index is -0.548. The highest BCUT2D eigenvalue weighted by Gasteiger charge is 2.02. The number of ether oxygens (including phenoxy) is 2. The van der Waals surface area contributed by atoms with Gasteiger partial charge in [0.2, 0.25) is 0 Å². The smallest absolute Gasteiger partial charge is 0.434 e. The molecule has 0 aliphatic rings. The second-order valence-corrected chi connectivity index (χ2v) is 4.50. The second kappa shape index (κ2) is 14.3. The fourth-order valence-corrected chi connectivity index (χ4v) is 1.63. The van der Waals surface area contributed by atoms with Crippen LogP contribution in [0.1, 0.15) is 64.7 Å². The largest absolute Gasteiger partial charge is 0.508 e. The van der Waals surface area contributed by atoms with Crippen molar-refractivity contribution in [1.82, 2.24) is 0 Å². The van der Waals surface area contributed by atoms with Gasteiger partial charge >= 0.3 is 6.16 Å². The van der Waals surface area contributed by atoms with Gasteiger partial charge in [-0.3, -0.25) is 0 Å². The summed E-state index contributed by atoms with van der Waals surface area (Å²) in [6.45, 7) is 3.29. The number of rotatable bonds is 12. The summed E-state index contributed by atoms with van der Waals surface area (Å²) in [5.74, 6) is 0. The summed E-state index contributed by atoms with van der Waals surface area (Å²) in [4.78, 5) is 11.1. The SMILES string of the molecule is CCCCCCCOC(=O)OCCCCCCO. The first-order valence-electron chi connectivity index (χ1n) is 7.21. The fraction of sp³-hybridized carbons (Fsp3) is 0.929. The molecule has 108 valence electrons. The van der Waals surface area contributed by atoms with Crippen molar-refractivity contribution in [2.75, 3.05) is 19.8 Å². The van der Waals surface area contributed by atoms with E-state index in [1.807, 2.05) is 0 Å². The predicted octanol–water partition coefficient (Wildman–Crippen LogP) is 3.66. The molecule has 4 nitrogen and oxygen atoms in total. The number of unbranched alkanes of at least 4 members (excludes halogenated alkanes) is 7. The number of aliphatic hydroxyl groups excluding tert-OH is 1. The van der Waals surface area contributed by atoms with Gasteiger partial charge < -0.3 is 14.6 Å². The third-order valence-corrected chi connectivity index (χ3v) is 2.74. The molecule has 0 amide bonds. The van der Waals surface area contributed by atoms with Gasteiger partial charge in [0, 0.05) is 6.61 Å². The molecule has 0 aliphatic carbocycles. The highest BCUT2D eigenvalue weighted by Crippen LogP contribution is 2.03. The zero-order valence-electron chi connectivity index (χ0n) is 11.7. The Bertz CT molecular complexity index is 165. The van der Waals surface area contributed by atoms with Crippen molar-refractivity contribution >= 4 is 6.16 Å². The van der Waals surface area contributed by atoms with Crippen LogP contribution in [0.25, 0.3) is 0 Å². The van der Waals surface area contributed by atoms with Crippen molar-refractivity contribution in [1.29, 1.82) is 0 Å². The normalized spacial score (nSPS) is 10.3. The molecule has 0 saturated carbocycles. The van der Waals surface area contributed by atoms with Crippen molar-refractivity contribution in [3.05, 3.63) is 0 Å². The Morgan fingerprint density at radius 3 is 1.83 bits per heavy atom. The molecule has 4 heteroatoms. The lowest BCUT2D eigenvalue weighted by Crippen LogP contribution is -2.09. The molecule has 0 rings (SSSR count). The maximum absolute atomic E-state index is 11.1. The van der Waals surface area contributed by atoms with Crippen LogP contribution in [0.3, 0.4) is 0 Å². The van der Waals surface area contributed by atoms with Crippen molar-refractivity contribution in [3.63, 3.8) is 0 Å². The lowest BCUT2D eigenvalue weighted by molar-refractivity contribution is 0.0528. The van der Waals surface area contributed by atoms with E-state index < -0.39 is 6.16 Å². The van der Waals surface area contributed by atoms with E-state index in [-0.39, 0.29) is 6.61 Å². The average Bonchev–Trinajstić information content (AvgIpc) is 2.38. The van der Waals surface area contributed by atoms with E-state index in [1.165, 1.54) is 19.3 Å². The minimum Gasteiger partial charge on any atom is -0.434 e. The lowest BCUT2D eigenvalue weighted by atomic mass is 10.2. The molecule has 1 N–H and O–H groups in total. The summed E-state index contributed by atoms with van der Waals surface area (Å²) in [7, 11) is 0. The fourth-order valence-electron chi connectivity index (χ4n) is 1.63. The van der Waals surface area contributed by atoms with E-state index in [2.05, 4.69) is 6.92 Å². The average molecular weight is 260 g/mol. The van der Waals surface area contributed by atoms with Crippen LogP contribution in [-0.2, 0) is 9.47 Å². The van der Waals surface area contributed by atoms with Gasteiger partial charge in [-0.2, -0.15) is 0 Å². The van der Waals surface area contributed by atoms with Crippen molar-refractivity contribution in [3.8, 4) is 0 Å². The number of hydrogen-bond donors (Lipinski definition) is 1. The summed E-state index contributed by atoms with van der Waals surface area (Å²) in [6.07, 6.45) is 8.78. The van der Waals surface area contributed by atoms with E-state index in [1.54, 1.807) is 0 Å². The summed E-state index contributed by atoms with van der Waals surface area (Å²) < 4.78 is 9.88. The molecule has 0 aromatic carbocycles. The Morgan fingerprint density at radius 2 is 1.33 bits per heavy atom. The molecule has 0 unspecified atom stereocenters. The second-order valence-electron chi connectivity index (χ2n) is 4.50. The Morgan fingerprint density at radius 1 is 0.833 bits per heavy atom. The van der Waals surface area contributed by atoms with Crippen LogP contribution >= 0.6 is 0 Å². The first kappa shape index (κ1) is 17.2. The maximum Gasteiger partial charge on any atom is 0.508 e. The van der Waals surface area contributed by atoms with Crippen LogP contribution in [0.5, 0.6) is 0 Å². The van der Waals surface area contributed by atoms with Crippen LogP contribution in [0.15, 0.2) is 0 Å². The predicted molar refractivity (Wildman–Crippen MR) is 71.6 cm³/mol. The highest BCUT2D eigenvalue weighted by atomic mass is 16.7. The van der Waals surface area contributed by atoms with E-state index in [4.69, 9.17) is 14.6 Å². The maximum atomic E-state index is 11.1. The molecule has 0 heterocycles. The third kappa shape index (κ3) is 13.3. The standard InChI is InChI=1S/C14H28O4/c1-2-3-4-6-9-12-17-14(16)18-13-10-7-5-8-11-15/h15H,2-13H2,1H3. The molecular formula is C14H28O4. The zero-order chi connectivity index (χ0) is 13.5. The third-order valence-electron chi connectivity index (χ3n) is 2.74. The zero-order valence-corrected chi connectivity index (χ0v) is 11.7. The molecule has 18 heavy (non-hydrogen) atoms. The number of hydrogen-bond acceptors (Lipinski definition) is 4. The van der Waals surface area contributed by atoms with E-state index in [0.29, 0.717) is 13.2 Å².